The molecule has 0 bridgehead atoms. The lowest BCUT2D eigenvalue weighted by atomic mass is 9.88. The number of aliphatic hydroxyl groups is 1. The summed E-state index contributed by atoms with van der Waals surface area (Å²) in [5.74, 6) is 0. The smallest absolute Gasteiger partial charge is 0.0496 e. The Bertz CT molecular complexity index is 327. The summed E-state index contributed by atoms with van der Waals surface area (Å²) >= 11 is 0. The van der Waals surface area contributed by atoms with E-state index in [0.29, 0.717) is 0 Å². The summed E-state index contributed by atoms with van der Waals surface area (Å²) in [4.78, 5) is 2.28. The molecule has 96 valence electrons. The molecule has 1 rings (SSSR count). The predicted octanol–water partition coefficient (Wildman–Crippen LogP) is 2.84. The lowest BCUT2D eigenvalue weighted by molar-refractivity contribution is 0.0930. The van der Waals surface area contributed by atoms with Crippen molar-refractivity contribution in [1.29, 1.82) is 0 Å². The van der Waals surface area contributed by atoms with E-state index in [2.05, 4.69) is 57.0 Å². The maximum atomic E-state index is 9.41. The monoisotopic (exact) mass is 235 g/mol. The Morgan fingerprint density at radius 3 is 2.29 bits per heavy atom. The molecule has 0 aliphatic heterocycles. The molecule has 0 radical (unpaired) electrons. The molecule has 1 aromatic rings. The molecule has 0 saturated heterocycles. The van der Waals surface area contributed by atoms with Crippen molar-refractivity contribution < 1.29 is 5.11 Å². The molecular formula is C15H25NO. The van der Waals surface area contributed by atoms with Gasteiger partial charge in [-0.2, -0.15) is 0 Å². The Morgan fingerprint density at radius 2 is 1.82 bits per heavy atom. The number of hydrogen-bond acceptors (Lipinski definition) is 2. The van der Waals surface area contributed by atoms with E-state index >= 15 is 0 Å². The second kappa shape index (κ2) is 6.18. The quantitative estimate of drug-likeness (QED) is 0.819. The van der Waals surface area contributed by atoms with Crippen LogP contribution in [0.25, 0.3) is 0 Å². The highest BCUT2D eigenvalue weighted by atomic mass is 16.3. The fourth-order valence-electron chi connectivity index (χ4n) is 1.99. The zero-order valence-corrected chi connectivity index (χ0v) is 11.5. The summed E-state index contributed by atoms with van der Waals surface area (Å²) in [5, 5.41) is 9.41. The summed E-state index contributed by atoms with van der Waals surface area (Å²) in [7, 11) is 2.11. The molecule has 0 aliphatic rings. The van der Waals surface area contributed by atoms with Crippen LogP contribution in [0, 0.1) is 12.3 Å². The minimum absolute atomic E-state index is 0.0133. The Balaban J connectivity index is 2.54. The minimum atomic E-state index is 0.0133. The molecule has 2 heteroatoms. The maximum Gasteiger partial charge on any atom is 0.0496 e. The van der Waals surface area contributed by atoms with Gasteiger partial charge in [0.25, 0.3) is 0 Å². The highest BCUT2D eigenvalue weighted by Gasteiger charge is 2.22. The van der Waals surface area contributed by atoms with Gasteiger partial charge in [0, 0.05) is 25.1 Å². The van der Waals surface area contributed by atoms with Crippen LogP contribution in [0.2, 0.25) is 0 Å². The second-order valence-electron chi connectivity index (χ2n) is 5.48. The average Bonchev–Trinajstić information content (AvgIpc) is 2.32. The lowest BCUT2D eigenvalue weighted by Crippen LogP contribution is -2.35. The summed E-state index contributed by atoms with van der Waals surface area (Å²) in [6.45, 7) is 8.49. The van der Waals surface area contributed by atoms with E-state index in [-0.39, 0.29) is 12.0 Å². The van der Waals surface area contributed by atoms with Crippen LogP contribution in [-0.2, 0) is 6.54 Å². The van der Waals surface area contributed by atoms with Crippen molar-refractivity contribution in [3.05, 3.63) is 35.4 Å². The zero-order chi connectivity index (χ0) is 12.9. The molecule has 1 atom stereocenters. The van der Waals surface area contributed by atoms with Crippen LogP contribution < -0.4 is 0 Å². The molecule has 1 N–H and O–H groups in total. The highest BCUT2D eigenvalue weighted by molar-refractivity contribution is 5.21. The largest absolute Gasteiger partial charge is 0.396 e. The first-order valence-corrected chi connectivity index (χ1v) is 6.34. The van der Waals surface area contributed by atoms with E-state index in [1.165, 1.54) is 11.1 Å². The van der Waals surface area contributed by atoms with Crippen LogP contribution in [0.15, 0.2) is 24.3 Å². The summed E-state index contributed by atoms with van der Waals surface area (Å²) < 4.78 is 0. The van der Waals surface area contributed by atoms with Crippen molar-refractivity contribution in [1.82, 2.24) is 4.90 Å². The Hall–Kier alpha value is -0.860. The first kappa shape index (κ1) is 14.2. The van der Waals surface area contributed by atoms with Crippen LogP contribution in [0.4, 0.5) is 0 Å². The number of nitrogens with zero attached hydrogens (tertiary/aromatic N) is 1. The van der Waals surface area contributed by atoms with Crippen molar-refractivity contribution in [2.45, 2.75) is 33.7 Å². The maximum absolute atomic E-state index is 9.41. The Labute approximate surface area is 105 Å². The van der Waals surface area contributed by atoms with Gasteiger partial charge in [0.15, 0.2) is 0 Å². The third kappa shape index (κ3) is 4.49. The lowest BCUT2D eigenvalue weighted by Gasteiger charge is -2.31. The molecule has 1 aromatic carbocycles. The molecule has 2 nitrogen and oxygen atoms in total. The van der Waals surface area contributed by atoms with Gasteiger partial charge in [0.1, 0.15) is 0 Å². The van der Waals surface area contributed by atoms with Crippen LogP contribution in [0.3, 0.4) is 0 Å². The van der Waals surface area contributed by atoms with Crippen molar-refractivity contribution in [3.63, 3.8) is 0 Å². The standard InChI is InChI=1S/C15H25NO/c1-5-15(3,12-17)11-16(4)10-14-8-6-13(2)7-9-14/h6-9,17H,5,10-12H2,1-4H3. The summed E-state index contributed by atoms with van der Waals surface area (Å²) in [6.07, 6.45) is 1.00. The molecule has 0 heterocycles. The van der Waals surface area contributed by atoms with Gasteiger partial charge in [-0.25, -0.2) is 0 Å². The highest BCUT2D eigenvalue weighted by Crippen LogP contribution is 2.21. The van der Waals surface area contributed by atoms with Gasteiger partial charge in [-0.15, -0.1) is 0 Å². The normalized spacial score (nSPS) is 14.9. The minimum Gasteiger partial charge on any atom is -0.396 e. The molecule has 17 heavy (non-hydrogen) atoms. The molecule has 0 aromatic heterocycles. The summed E-state index contributed by atoms with van der Waals surface area (Å²) in [5.41, 5.74) is 2.64. The third-order valence-electron chi connectivity index (χ3n) is 3.46. The van der Waals surface area contributed by atoms with E-state index in [1.54, 1.807) is 0 Å². The molecule has 1 unspecified atom stereocenters. The van der Waals surface area contributed by atoms with E-state index in [9.17, 15) is 5.11 Å². The van der Waals surface area contributed by atoms with Crippen molar-refractivity contribution in [2.24, 2.45) is 5.41 Å². The van der Waals surface area contributed by atoms with Gasteiger partial charge < -0.3 is 10.0 Å². The van der Waals surface area contributed by atoms with E-state index in [0.717, 1.165) is 19.5 Å². The van der Waals surface area contributed by atoms with Crippen molar-refractivity contribution in [3.8, 4) is 0 Å². The second-order valence-corrected chi connectivity index (χ2v) is 5.48. The third-order valence-corrected chi connectivity index (χ3v) is 3.46. The van der Waals surface area contributed by atoms with E-state index < -0.39 is 0 Å². The first-order valence-electron chi connectivity index (χ1n) is 6.34. The predicted molar refractivity (Wildman–Crippen MR) is 73.0 cm³/mol. The van der Waals surface area contributed by atoms with Crippen molar-refractivity contribution >= 4 is 0 Å². The number of rotatable bonds is 6. The van der Waals surface area contributed by atoms with Gasteiger partial charge in [0.05, 0.1) is 0 Å². The van der Waals surface area contributed by atoms with Crippen LogP contribution in [0.1, 0.15) is 31.4 Å². The molecule has 0 saturated carbocycles. The number of benzene rings is 1. The van der Waals surface area contributed by atoms with Gasteiger partial charge in [-0.05, 0) is 26.0 Å². The van der Waals surface area contributed by atoms with Gasteiger partial charge in [-0.1, -0.05) is 43.7 Å². The fourth-order valence-corrected chi connectivity index (χ4v) is 1.99. The van der Waals surface area contributed by atoms with Crippen LogP contribution >= 0.6 is 0 Å². The van der Waals surface area contributed by atoms with Crippen LogP contribution in [0.5, 0.6) is 0 Å². The van der Waals surface area contributed by atoms with Gasteiger partial charge in [0.2, 0.25) is 0 Å². The number of aliphatic hydroxyl groups excluding tert-OH is 1. The molecule has 0 amide bonds. The van der Waals surface area contributed by atoms with Gasteiger partial charge >= 0.3 is 0 Å². The molecule has 0 aliphatic carbocycles. The van der Waals surface area contributed by atoms with Crippen molar-refractivity contribution in [2.75, 3.05) is 20.2 Å². The number of hydrogen-bond donors (Lipinski definition) is 1. The van der Waals surface area contributed by atoms with Gasteiger partial charge in [-0.3, -0.25) is 0 Å². The molecular weight excluding hydrogens is 210 g/mol. The Morgan fingerprint density at radius 1 is 1.24 bits per heavy atom. The average molecular weight is 235 g/mol. The van der Waals surface area contributed by atoms with E-state index in [4.69, 9.17) is 0 Å². The fraction of sp³-hybridized carbons (Fsp3) is 0.600. The zero-order valence-electron chi connectivity index (χ0n) is 11.5. The first-order chi connectivity index (χ1) is 7.99. The molecule has 0 fully saturated rings. The van der Waals surface area contributed by atoms with E-state index in [1.807, 2.05) is 0 Å². The summed E-state index contributed by atoms with van der Waals surface area (Å²) in [6, 6.07) is 8.64. The molecule has 0 spiro atoms. The SMILES string of the molecule is CCC(C)(CO)CN(C)Cc1ccc(C)cc1. The Kier molecular flexibility index (Phi) is 5.16. The van der Waals surface area contributed by atoms with Crippen LogP contribution in [-0.4, -0.2) is 30.2 Å². The topological polar surface area (TPSA) is 23.5 Å². The number of aryl methyl sites for hydroxylation is 1.